The predicted molar refractivity (Wildman–Crippen MR) is 125 cm³/mol. The van der Waals surface area contributed by atoms with Gasteiger partial charge in [-0.1, -0.05) is 29.3 Å². The molecular formula is C19H18Cl2IN3OS. The first-order chi connectivity index (χ1) is 13.0. The van der Waals surface area contributed by atoms with Crippen molar-refractivity contribution in [1.82, 2.24) is 5.32 Å². The fourth-order valence-electron chi connectivity index (χ4n) is 3.05. The summed E-state index contributed by atoms with van der Waals surface area (Å²) < 4.78 is 0.920. The molecule has 0 spiro atoms. The largest absolute Gasteiger partial charge is 0.369 e. The lowest BCUT2D eigenvalue weighted by molar-refractivity contribution is 0.0978. The Bertz CT molecular complexity index is 872. The van der Waals surface area contributed by atoms with E-state index in [0.29, 0.717) is 15.6 Å². The molecule has 1 heterocycles. The Morgan fingerprint density at radius 3 is 2.56 bits per heavy atom. The van der Waals surface area contributed by atoms with Gasteiger partial charge >= 0.3 is 0 Å². The van der Waals surface area contributed by atoms with Gasteiger partial charge in [-0.2, -0.15) is 0 Å². The number of nitrogens with zero attached hydrogens (tertiary/aromatic N) is 1. The van der Waals surface area contributed by atoms with Crippen molar-refractivity contribution in [2.24, 2.45) is 0 Å². The van der Waals surface area contributed by atoms with Crippen molar-refractivity contribution in [2.75, 3.05) is 23.3 Å². The van der Waals surface area contributed by atoms with Crippen molar-refractivity contribution in [2.45, 2.75) is 19.3 Å². The molecule has 0 bridgehead atoms. The van der Waals surface area contributed by atoms with Crippen LogP contribution in [0.2, 0.25) is 10.0 Å². The molecule has 142 valence electrons. The monoisotopic (exact) mass is 533 g/mol. The number of thiocarbonyl (C=S) groups is 1. The summed E-state index contributed by atoms with van der Waals surface area (Å²) in [5.74, 6) is -0.349. The number of para-hydroxylation sites is 1. The van der Waals surface area contributed by atoms with Crippen molar-refractivity contribution in [3.8, 4) is 0 Å². The smallest absolute Gasteiger partial charge is 0.258 e. The van der Waals surface area contributed by atoms with Gasteiger partial charge < -0.3 is 10.2 Å². The van der Waals surface area contributed by atoms with Crippen molar-refractivity contribution < 1.29 is 4.79 Å². The highest BCUT2D eigenvalue weighted by Crippen LogP contribution is 2.35. The Morgan fingerprint density at radius 2 is 1.81 bits per heavy atom. The summed E-state index contributed by atoms with van der Waals surface area (Å²) in [5.41, 5.74) is 2.08. The molecule has 1 aliphatic heterocycles. The minimum absolute atomic E-state index is 0.204. The molecule has 2 N–H and O–H groups in total. The average Bonchev–Trinajstić information content (AvgIpc) is 2.64. The van der Waals surface area contributed by atoms with Crippen LogP contribution in [0, 0.1) is 3.57 Å². The number of piperidine rings is 1. The second kappa shape index (κ2) is 9.41. The zero-order chi connectivity index (χ0) is 19.4. The Kier molecular flexibility index (Phi) is 7.19. The molecule has 8 heteroatoms. The maximum absolute atomic E-state index is 12.5. The minimum Gasteiger partial charge on any atom is -0.369 e. The van der Waals surface area contributed by atoms with E-state index in [1.54, 1.807) is 12.1 Å². The summed E-state index contributed by atoms with van der Waals surface area (Å²) in [6.45, 7) is 1.91. The number of hydrogen-bond acceptors (Lipinski definition) is 3. The number of anilines is 2. The lowest BCUT2D eigenvalue weighted by Gasteiger charge is -2.31. The molecule has 1 saturated heterocycles. The first kappa shape index (κ1) is 20.6. The highest BCUT2D eigenvalue weighted by Gasteiger charge is 2.19. The predicted octanol–water partition coefficient (Wildman–Crippen LogP) is 5.72. The quantitative estimate of drug-likeness (QED) is 0.391. The van der Waals surface area contributed by atoms with Gasteiger partial charge in [-0.25, -0.2) is 0 Å². The lowest BCUT2D eigenvalue weighted by Crippen LogP contribution is -2.35. The number of carbonyl (C=O) groups is 1. The molecule has 0 atom stereocenters. The standard InChI is InChI=1S/C19H18Cl2IN3OS/c20-14-8-7-12(22)11-13(14)18(26)24-19(27)23-16-6-4-5-15(21)17(16)25-9-2-1-3-10-25/h4-8,11H,1-3,9-10H2,(H2,23,24,26,27). The number of halogens is 3. The topological polar surface area (TPSA) is 44.4 Å². The highest BCUT2D eigenvalue weighted by molar-refractivity contribution is 14.1. The molecular weight excluding hydrogens is 516 g/mol. The first-order valence-corrected chi connectivity index (χ1v) is 10.8. The fraction of sp³-hybridized carbons (Fsp3) is 0.263. The SMILES string of the molecule is O=C(NC(=S)Nc1cccc(Cl)c1N1CCCCC1)c1cc(I)ccc1Cl. The van der Waals surface area contributed by atoms with Gasteiger partial charge in [0.25, 0.3) is 5.91 Å². The zero-order valence-corrected chi connectivity index (χ0v) is 18.9. The van der Waals surface area contributed by atoms with Crippen LogP contribution in [0.5, 0.6) is 0 Å². The first-order valence-electron chi connectivity index (χ1n) is 8.56. The number of rotatable bonds is 3. The van der Waals surface area contributed by atoms with Crippen molar-refractivity contribution in [3.05, 3.63) is 55.6 Å². The van der Waals surface area contributed by atoms with Crippen LogP contribution in [0.4, 0.5) is 11.4 Å². The molecule has 0 aliphatic carbocycles. The molecule has 0 saturated carbocycles. The fourth-order valence-corrected chi connectivity index (χ4v) is 4.24. The van der Waals surface area contributed by atoms with Gasteiger partial charge in [0.05, 0.1) is 27.0 Å². The maximum Gasteiger partial charge on any atom is 0.258 e. The van der Waals surface area contributed by atoms with Crippen molar-refractivity contribution >= 4 is 80.4 Å². The zero-order valence-electron chi connectivity index (χ0n) is 14.4. The second-order valence-corrected chi connectivity index (χ2v) is 8.68. The van der Waals surface area contributed by atoms with E-state index in [-0.39, 0.29) is 11.0 Å². The summed E-state index contributed by atoms with van der Waals surface area (Å²) >= 11 is 20.1. The summed E-state index contributed by atoms with van der Waals surface area (Å²) in [6.07, 6.45) is 3.50. The number of hydrogen-bond donors (Lipinski definition) is 2. The molecule has 3 rings (SSSR count). The third kappa shape index (κ3) is 5.25. The van der Waals surface area contributed by atoms with Crippen LogP contribution in [0.15, 0.2) is 36.4 Å². The highest BCUT2D eigenvalue weighted by atomic mass is 127. The van der Waals surface area contributed by atoms with E-state index in [4.69, 9.17) is 35.4 Å². The molecule has 2 aromatic carbocycles. The van der Waals surface area contributed by atoms with E-state index in [2.05, 4.69) is 38.1 Å². The Morgan fingerprint density at radius 1 is 1.07 bits per heavy atom. The van der Waals surface area contributed by atoms with E-state index in [0.717, 1.165) is 40.9 Å². The van der Waals surface area contributed by atoms with Crippen LogP contribution >= 0.6 is 58.0 Å². The van der Waals surface area contributed by atoms with E-state index >= 15 is 0 Å². The number of amides is 1. The molecule has 4 nitrogen and oxygen atoms in total. The van der Waals surface area contributed by atoms with Gasteiger partial charge in [0.1, 0.15) is 0 Å². The summed E-state index contributed by atoms with van der Waals surface area (Å²) in [6, 6.07) is 10.9. The number of carbonyl (C=O) groups excluding carboxylic acids is 1. The Labute approximate surface area is 187 Å². The second-order valence-electron chi connectivity index (χ2n) is 6.22. The third-order valence-corrected chi connectivity index (χ3v) is 5.82. The van der Waals surface area contributed by atoms with Crippen LogP contribution in [-0.4, -0.2) is 24.1 Å². The average molecular weight is 534 g/mol. The van der Waals surface area contributed by atoms with E-state index in [1.165, 1.54) is 6.42 Å². The van der Waals surface area contributed by atoms with Gasteiger partial charge in [0.15, 0.2) is 5.11 Å². The Balaban J connectivity index is 1.75. The molecule has 1 fully saturated rings. The van der Waals surface area contributed by atoms with Gasteiger partial charge in [0.2, 0.25) is 0 Å². The van der Waals surface area contributed by atoms with Crippen molar-refractivity contribution in [3.63, 3.8) is 0 Å². The molecule has 1 aliphatic rings. The molecule has 0 aromatic heterocycles. The molecule has 27 heavy (non-hydrogen) atoms. The van der Waals surface area contributed by atoms with Crippen molar-refractivity contribution in [1.29, 1.82) is 0 Å². The van der Waals surface area contributed by atoms with Gasteiger partial charge in [-0.3, -0.25) is 10.1 Å². The molecule has 0 radical (unpaired) electrons. The van der Waals surface area contributed by atoms with Gasteiger partial charge in [-0.05, 0) is 84.4 Å². The number of nitrogens with one attached hydrogen (secondary N) is 2. The molecule has 1 amide bonds. The van der Waals surface area contributed by atoms with Crippen LogP contribution < -0.4 is 15.5 Å². The normalized spacial score (nSPS) is 14.0. The van der Waals surface area contributed by atoms with Crippen LogP contribution in [-0.2, 0) is 0 Å². The van der Waals surface area contributed by atoms with E-state index in [1.807, 2.05) is 24.3 Å². The maximum atomic E-state index is 12.5. The molecule has 0 unspecified atom stereocenters. The van der Waals surface area contributed by atoms with Gasteiger partial charge in [0, 0.05) is 16.7 Å². The number of benzene rings is 2. The van der Waals surface area contributed by atoms with E-state index < -0.39 is 0 Å². The summed E-state index contributed by atoms with van der Waals surface area (Å²) in [7, 11) is 0. The van der Waals surface area contributed by atoms with Crippen LogP contribution in [0.1, 0.15) is 29.6 Å². The van der Waals surface area contributed by atoms with Crippen LogP contribution in [0.3, 0.4) is 0 Å². The summed E-state index contributed by atoms with van der Waals surface area (Å²) in [4.78, 5) is 14.8. The third-order valence-electron chi connectivity index (χ3n) is 4.31. The summed E-state index contributed by atoms with van der Waals surface area (Å²) in [5, 5.41) is 7.06. The minimum atomic E-state index is -0.349. The Hall–Kier alpha value is -1.09. The van der Waals surface area contributed by atoms with Crippen LogP contribution in [0.25, 0.3) is 0 Å². The van der Waals surface area contributed by atoms with Gasteiger partial charge in [-0.15, -0.1) is 0 Å². The lowest BCUT2D eigenvalue weighted by atomic mass is 10.1. The molecule has 2 aromatic rings. The van der Waals surface area contributed by atoms with E-state index in [9.17, 15) is 4.79 Å².